The molecule has 0 aromatic carbocycles. The number of nitrogens with one attached hydrogen (secondary N) is 1. The largest absolute Gasteiger partial charge is 0.478 e. The summed E-state index contributed by atoms with van der Waals surface area (Å²) in [7, 11) is 2.11. The molecular formula is C13H18ClN3O2. The summed E-state index contributed by atoms with van der Waals surface area (Å²) in [5.41, 5.74) is 0.144. The van der Waals surface area contributed by atoms with Crippen molar-refractivity contribution in [1.29, 1.82) is 0 Å². The Morgan fingerprint density at radius 2 is 2.32 bits per heavy atom. The number of halogens is 1. The van der Waals surface area contributed by atoms with E-state index in [1.807, 2.05) is 0 Å². The molecule has 0 bridgehead atoms. The highest BCUT2D eigenvalue weighted by Gasteiger charge is 2.28. The zero-order valence-electron chi connectivity index (χ0n) is 11.1. The van der Waals surface area contributed by atoms with Gasteiger partial charge in [0.1, 0.15) is 11.0 Å². The lowest BCUT2D eigenvalue weighted by atomic mass is 10.2. The minimum atomic E-state index is -1.00. The second-order valence-corrected chi connectivity index (χ2v) is 5.38. The second-order valence-electron chi connectivity index (χ2n) is 5.00. The smallest absolute Gasteiger partial charge is 0.335 e. The molecule has 1 aromatic rings. The summed E-state index contributed by atoms with van der Waals surface area (Å²) in [5, 5.41) is 12.3. The molecule has 19 heavy (non-hydrogen) atoms. The van der Waals surface area contributed by atoms with E-state index >= 15 is 0 Å². The van der Waals surface area contributed by atoms with Gasteiger partial charge in [-0.3, -0.25) is 4.90 Å². The third kappa shape index (κ3) is 3.81. The van der Waals surface area contributed by atoms with Crippen LogP contribution < -0.4 is 5.32 Å². The van der Waals surface area contributed by atoms with Gasteiger partial charge in [-0.15, -0.1) is 0 Å². The van der Waals surface area contributed by atoms with Crippen molar-refractivity contribution in [3.8, 4) is 0 Å². The number of nitrogens with zero attached hydrogens (tertiary/aromatic N) is 2. The predicted octanol–water partition coefficient (Wildman–Crippen LogP) is 2.33. The second kappa shape index (κ2) is 5.75. The first kappa shape index (κ1) is 14.1. The van der Waals surface area contributed by atoms with Crippen molar-refractivity contribution in [3.63, 3.8) is 0 Å². The third-order valence-corrected chi connectivity index (χ3v) is 3.63. The van der Waals surface area contributed by atoms with Crippen LogP contribution in [0.3, 0.4) is 0 Å². The van der Waals surface area contributed by atoms with Crippen LogP contribution in [0.25, 0.3) is 0 Å². The molecular weight excluding hydrogens is 266 g/mol. The van der Waals surface area contributed by atoms with Gasteiger partial charge in [0.25, 0.3) is 0 Å². The van der Waals surface area contributed by atoms with E-state index < -0.39 is 5.97 Å². The van der Waals surface area contributed by atoms with Crippen molar-refractivity contribution in [2.75, 3.05) is 18.9 Å². The lowest BCUT2D eigenvalue weighted by Gasteiger charge is -2.24. The van der Waals surface area contributed by atoms with E-state index in [9.17, 15) is 4.79 Å². The first-order valence-corrected chi connectivity index (χ1v) is 6.72. The lowest BCUT2D eigenvalue weighted by molar-refractivity contribution is 0.0697. The van der Waals surface area contributed by atoms with Crippen molar-refractivity contribution in [1.82, 2.24) is 9.88 Å². The van der Waals surface area contributed by atoms with E-state index in [1.165, 1.54) is 25.0 Å². The van der Waals surface area contributed by atoms with Gasteiger partial charge in [0.05, 0.1) is 5.56 Å². The number of aromatic nitrogens is 1. The Morgan fingerprint density at radius 1 is 1.63 bits per heavy atom. The molecule has 0 saturated heterocycles. The van der Waals surface area contributed by atoms with Crippen LogP contribution in [0.15, 0.2) is 12.1 Å². The molecule has 1 saturated carbocycles. The Balaban J connectivity index is 1.96. The number of rotatable bonds is 6. The van der Waals surface area contributed by atoms with Crippen LogP contribution in [-0.2, 0) is 0 Å². The first-order valence-electron chi connectivity index (χ1n) is 6.34. The first-order chi connectivity index (χ1) is 8.97. The molecule has 5 nitrogen and oxygen atoms in total. The molecule has 0 spiro atoms. The van der Waals surface area contributed by atoms with E-state index in [4.69, 9.17) is 16.7 Å². The van der Waals surface area contributed by atoms with Crippen molar-refractivity contribution in [3.05, 3.63) is 22.8 Å². The van der Waals surface area contributed by atoms with Gasteiger partial charge in [0, 0.05) is 18.6 Å². The summed E-state index contributed by atoms with van der Waals surface area (Å²) in [5.74, 6) is -0.503. The predicted molar refractivity (Wildman–Crippen MR) is 74.9 cm³/mol. The highest BCUT2D eigenvalue weighted by Crippen LogP contribution is 2.27. The van der Waals surface area contributed by atoms with Crippen molar-refractivity contribution in [2.45, 2.75) is 31.8 Å². The van der Waals surface area contributed by atoms with Crippen LogP contribution in [0.5, 0.6) is 0 Å². The topological polar surface area (TPSA) is 65.5 Å². The summed E-state index contributed by atoms with van der Waals surface area (Å²) in [6, 6.07) is 3.90. The Bertz CT molecular complexity index is 477. The maximum absolute atomic E-state index is 10.9. The molecule has 1 aliphatic carbocycles. The number of pyridine rings is 1. The highest BCUT2D eigenvalue weighted by atomic mass is 35.5. The van der Waals surface area contributed by atoms with Gasteiger partial charge in [-0.05, 0) is 38.9 Å². The zero-order valence-corrected chi connectivity index (χ0v) is 11.8. The molecule has 1 aliphatic rings. The molecule has 2 N–H and O–H groups in total. The number of hydrogen-bond donors (Lipinski definition) is 2. The molecule has 1 heterocycles. The van der Waals surface area contributed by atoms with E-state index in [1.54, 1.807) is 0 Å². The SMILES string of the molecule is CC(CNc1cc(C(=O)O)cc(Cl)n1)N(C)C1CC1. The number of carboxylic acids is 1. The van der Waals surface area contributed by atoms with E-state index in [0.29, 0.717) is 24.4 Å². The maximum Gasteiger partial charge on any atom is 0.335 e. The number of carbonyl (C=O) groups is 1. The van der Waals surface area contributed by atoms with Crippen molar-refractivity contribution >= 4 is 23.4 Å². The maximum atomic E-state index is 10.9. The van der Waals surface area contributed by atoms with Gasteiger partial charge in [-0.25, -0.2) is 9.78 Å². The normalized spacial score (nSPS) is 16.4. The number of likely N-dealkylation sites (N-methyl/N-ethyl adjacent to an activating group) is 1. The highest BCUT2D eigenvalue weighted by molar-refractivity contribution is 6.29. The zero-order chi connectivity index (χ0) is 14.0. The molecule has 0 amide bonds. The van der Waals surface area contributed by atoms with Crippen LogP contribution >= 0.6 is 11.6 Å². The van der Waals surface area contributed by atoms with Crippen LogP contribution in [0, 0.1) is 0 Å². The van der Waals surface area contributed by atoms with E-state index in [2.05, 4.69) is 29.2 Å². The standard InChI is InChI=1S/C13H18ClN3O2/c1-8(17(2)10-3-4-10)7-15-12-6-9(13(18)19)5-11(14)16-12/h5-6,8,10H,3-4,7H2,1-2H3,(H,15,16)(H,18,19). The Morgan fingerprint density at radius 3 is 2.89 bits per heavy atom. The fraction of sp³-hybridized carbons (Fsp3) is 0.538. The molecule has 1 atom stereocenters. The van der Waals surface area contributed by atoms with Crippen LogP contribution in [0.1, 0.15) is 30.1 Å². The van der Waals surface area contributed by atoms with Gasteiger partial charge < -0.3 is 10.4 Å². The molecule has 0 radical (unpaired) electrons. The van der Waals surface area contributed by atoms with Crippen LogP contribution in [0.2, 0.25) is 5.15 Å². The minimum Gasteiger partial charge on any atom is -0.478 e. The Hall–Kier alpha value is -1.33. The Kier molecular flexibility index (Phi) is 4.27. The third-order valence-electron chi connectivity index (χ3n) is 3.44. The monoisotopic (exact) mass is 283 g/mol. The summed E-state index contributed by atoms with van der Waals surface area (Å²) in [6.45, 7) is 2.84. The molecule has 1 fully saturated rings. The van der Waals surface area contributed by atoms with Crippen LogP contribution in [-0.4, -0.2) is 46.6 Å². The number of hydrogen-bond acceptors (Lipinski definition) is 4. The fourth-order valence-electron chi connectivity index (χ4n) is 1.95. The molecule has 1 unspecified atom stereocenters. The van der Waals surface area contributed by atoms with Gasteiger partial charge in [0.2, 0.25) is 0 Å². The molecule has 6 heteroatoms. The molecule has 104 valence electrons. The summed E-state index contributed by atoms with van der Waals surface area (Å²) in [6.07, 6.45) is 2.53. The van der Waals surface area contributed by atoms with Gasteiger partial charge in [0.15, 0.2) is 0 Å². The number of anilines is 1. The van der Waals surface area contributed by atoms with Crippen molar-refractivity contribution < 1.29 is 9.90 Å². The van der Waals surface area contributed by atoms with E-state index in [-0.39, 0.29) is 10.7 Å². The molecule has 1 aromatic heterocycles. The average molecular weight is 284 g/mol. The van der Waals surface area contributed by atoms with E-state index in [0.717, 1.165) is 0 Å². The Labute approximate surface area is 117 Å². The summed E-state index contributed by atoms with van der Waals surface area (Å²) < 4.78 is 0. The number of carboxylic acid groups (broad SMARTS) is 1. The minimum absolute atomic E-state index is 0.144. The van der Waals surface area contributed by atoms with Gasteiger partial charge >= 0.3 is 5.97 Å². The van der Waals surface area contributed by atoms with Crippen LogP contribution in [0.4, 0.5) is 5.82 Å². The lowest BCUT2D eigenvalue weighted by Crippen LogP contribution is -2.36. The average Bonchev–Trinajstić information content (AvgIpc) is 3.18. The van der Waals surface area contributed by atoms with Crippen molar-refractivity contribution in [2.24, 2.45) is 0 Å². The summed E-state index contributed by atoms with van der Waals surface area (Å²) >= 11 is 5.81. The fourth-order valence-corrected chi connectivity index (χ4v) is 2.16. The molecule has 2 rings (SSSR count). The number of aromatic carboxylic acids is 1. The van der Waals surface area contributed by atoms with Gasteiger partial charge in [-0.2, -0.15) is 0 Å². The quantitative estimate of drug-likeness (QED) is 0.785. The molecule has 0 aliphatic heterocycles. The summed E-state index contributed by atoms with van der Waals surface area (Å²) in [4.78, 5) is 17.3. The van der Waals surface area contributed by atoms with Gasteiger partial charge in [-0.1, -0.05) is 11.6 Å².